The lowest BCUT2D eigenvalue weighted by molar-refractivity contribution is -0.143. The van der Waals surface area contributed by atoms with E-state index >= 15 is 0 Å². The van der Waals surface area contributed by atoms with Crippen LogP contribution in [0.25, 0.3) is 0 Å². The molecule has 0 aliphatic carbocycles. The molecule has 1 N–H and O–H groups in total. The molecule has 0 aromatic carbocycles. The van der Waals surface area contributed by atoms with E-state index in [4.69, 9.17) is 9.84 Å². The van der Waals surface area contributed by atoms with E-state index in [1.807, 2.05) is 0 Å². The minimum Gasteiger partial charge on any atom is -0.481 e. The number of hydrogen-bond donors (Lipinski definition) is 1. The first-order valence-electron chi connectivity index (χ1n) is 6.05. The number of amides is 1. The van der Waals surface area contributed by atoms with Gasteiger partial charge in [0.05, 0.1) is 5.92 Å². The Kier molecular flexibility index (Phi) is 5.41. The van der Waals surface area contributed by atoms with Gasteiger partial charge in [0.25, 0.3) is 0 Å². The topological polar surface area (TPSA) is 66.8 Å². The van der Waals surface area contributed by atoms with E-state index in [-0.39, 0.29) is 12.5 Å². The fourth-order valence-corrected chi connectivity index (χ4v) is 1.96. The number of ether oxygens (including phenoxy) is 1. The molecule has 1 aliphatic rings. The normalized spacial score (nSPS) is 21.9. The van der Waals surface area contributed by atoms with Gasteiger partial charge in [-0.15, -0.1) is 0 Å². The van der Waals surface area contributed by atoms with Crippen molar-refractivity contribution >= 4 is 11.9 Å². The maximum absolute atomic E-state index is 11.8. The smallest absolute Gasteiger partial charge is 0.308 e. The Hall–Kier alpha value is -1.10. The first kappa shape index (κ1) is 14.0. The average molecular weight is 243 g/mol. The summed E-state index contributed by atoms with van der Waals surface area (Å²) in [4.78, 5) is 24.0. The second-order valence-electron chi connectivity index (χ2n) is 4.80. The molecule has 5 nitrogen and oxygen atoms in total. The minimum atomic E-state index is -0.870. The Bertz CT molecular complexity index is 274. The zero-order chi connectivity index (χ0) is 12.8. The molecule has 2 unspecified atom stereocenters. The molecule has 0 aromatic heterocycles. The molecular formula is C12H21NO4. The summed E-state index contributed by atoms with van der Waals surface area (Å²) in [5, 5.41) is 8.78. The van der Waals surface area contributed by atoms with Crippen LogP contribution in [0.2, 0.25) is 0 Å². The summed E-state index contributed by atoms with van der Waals surface area (Å²) < 4.78 is 5.32. The molecule has 1 amide bonds. The van der Waals surface area contributed by atoms with Crippen molar-refractivity contribution in [1.29, 1.82) is 0 Å². The number of aliphatic carboxylic acids is 1. The van der Waals surface area contributed by atoms with Crippen molar-refractivity contribution in [1.82, 2.24) is 4.90 Å². The van der Waals surface area contributed by atoms with Crippen LogP contribution in [0.15, 0.2) is 0 Å². The highest BCUT2D eigenvalue weighted by atomic mass is 16.5. The van der Waals surface area contributed by atoms with Crippen LogP contribution in [-0.2, 0) is 14.3 Å². The summed E-state index contributed by atoms with van der Waals surface area (Å²) in [7, 11) is 1.66. The van der Waals surface area contributed by atoms with Crippen LogP contribution in [0.1, 0.15) is 26.2 Å². The number of rotatable bonds is 5. The molecule has 0 spiro atoms. The molecule has 98 valence electrons. The Morgan fingerprint density at radius 1 is 1.53 bits per heavy atom. The van der Waals surface area contributed by atoms with Crippen molar-refractivity contribution in [2.24, 2.45) is 11.8 Å². The molecule has 0 bridgehead atoms. The van der Waals surface area contributed by atoms with Gasteiger partial charge in [-0.25, -0.2) is 0 Å². The van der Waals surface area contributed by atoms with Gasteiger partial charge in [0, 0.05) is 33.2 Å². The van der Waals surface area contributed by atoms with Gasteiger partial charge in [-0.05, 0) is 18.8 Å². The number of nitrogens with zero attached hydrogens (tertiary/aromatic N) is 1. The monoisotopic (exact) mass is 243 g/mol. The second kappa shape index (κ2) is 6.59. The van der Waals surface area contributed by atoms with Crippen LogP contribution >= 0.6 is 0 Å². The van der Waals surface area contributed by atoms with Crippen molar-refractivity contribution < 1.29 is 19.4 Å². The number of carbonyl (C=O) groups excluding carboxylic acids is 1. The van der Waals surface area contributed by atoms with Gasteiger partial charge in [0.15, 0.2) is 0 Å². The molecule has 0 saturated carbocycles. The zero-order valence-corrected chi connectivity index (χ0v) is 10.5. The molecule has 5 heteroatoms. The molecule has 1 saturated heterocycles. The van der Waals surface area contributed by atoms with Crippen molar-refractivity contribution in [3.8, 4) is 0 Å². The van der Waals surface area contributed by atoms with Crippen LogP contribution in [0.4, 0.5) is 0 Å². The summed E-state index contributed by atoms with van der Waals surface area (Å²) in [6, 6.07) is 0. The molecule has 0 aromatic rings. The summed E-state index contributed by atoms with van der Waals surface area (Å²) in [5.41, 5.74) is 0. The van der Waals surface area contributed by atoms with Crippen molar-refractivity contribution in [3.63, 3.8) is 0 Å². The van der Waals surface area contributed by atoms with E-state index in [1.165, 1.54) is 4.90 Å². The van der Waals surface area contributed by atoms with Gasteiger partial charge in [0.2, 0.25) is 5.91 Å². The maximum atomic E-state index is 11.8. The highest BCUT2D eigenvalue weighted by Gasteiger charge is 2.22. The minimum absolute atomic E-state index is 0.00796. The summed E-state index contributed by atoms with van der Waals surface area (Å²) in [6.07, 6.45) is 2.49. The molecule has 1 fully saturated rings. The first-order chi connectivity index (χ1) is 8.00. The Morgan fingerprint density at radius 2 is 2.24 bits per heavy atom. The molecule has 0 radical (unpaired) electrons. The summed E-state index contributed by atoms with van der Waals surface area (Å²) in [6.45, 7) is 3.31. The fraction of sp³-hybridized carbons (Fsp3) is 0.833. The Balaban J connectivity index is 2.33. The SMILES string of the molecule is CC(CN(C)C(=O)CC1CCCOC1)C(=O)O. The number of carboxylic acids is 1. The quantitative estimate of drug-likeness (QED) is 0.781. The van der Waals surface area contributed by atoms with Crippen molar-refractivity contribution in [3.05, 3.63) is 0 Å². The van der Waals surface area contributed by atoms with Crippen molar-refractivity contribution in [2.75, 3.05) is 26.8 Å². The Morgan fingerprint density at radius 3 is 2.76 bits per heavy atom. The average Bonchev–Trinajstić information content (AvgIpc) is 2.29. The van der Waals surface area contributed by atoms with Crippen LogP contribution < -0.4 is 0 Å². The zero-order valence-electron chi connectivity index (χ0n) is 10.5. The van der Waals surface area contributed by atoms with Gasteiger partial charge >= 0.3 is 5.97 Å². The van der Waals surface area contributed by atoms with E-state index in [0.29, 0.717) is 18.9 Å². The molecule has 2 atom stereocenters. The molecular weight excluding hydrogens is 222 g/mol. The van der Waals surface area contributed by atoms with Gasteiger partial charge in [0.1, 0.15) is 0 Å². The molecule has 1 heterocycles. The largest absolute Gasteiger partial charge is 0.481 e. The highest BCUT2D eigenvalue weighted by Crippen LogP contribution is 2.18. The fourth-order valence-electron chi connectivity index (χ4n) is 1.96. The predicted octanol–water partition coefficient (Wildman–Crippen LogP) is 0.982. The van der Waals surface area contributed by atoms with E-state index in [1.54, 1.807) is 14.0 Å². The highest BCUT2D eigenvalue weighted by molar-refractivity contribution is 5.77. The third-order valence-electron chi connectivity index (χ3n) is 3.11. The third kappa shape index (κ3) is 4.73. The maximum Gasteiger partial charge on any atom is 0.308 e. The van der Waals surface area contributed by atoms with Crippen LogP contribution in [-0.4, -0.2) is 48.7 Å². The lowest BCUT2D eigenvalue weighted by Crippen LogP contribution is -2.35. The van der Waals surface area contributed by atoms with E-state index in [9.17, 15) is 9.59 Å². The van der Waals surface area contributed by atoms with Crippen LogP contribution in [0.3, 0.4) is 0 Å². The summed E-state index contributed by atoms with van der Waals surface area (Å²) >= 11 is 0. The van der Waals surface area contributed by atoms with Gasteiger partial charge in [-0.3, -0.25) is 9.59 Å². The van der Waals surface area contributed by atoms with Crippen molar-refractivity contribution in [2.45, 2.75) is 26.2 Å². The second-order valence-corrected chi connectivity index (χ2v) is 4.80. The number of carbonyl (C=O) groups is 2. The molecule has 1 aliphatic heterocycles. The molecule has 17 heavy (non-hydrogen) atoms. The van der Waals surface area contributed by atoms with Gasteiger partial charge in [-0.1, -0.05) is 6.92 Å². The van der Waals surface area contributed by atoms with E-state index in [0.717, 1.165) is 19.4 Å². The van der Waals surface area contributed by atoms with Crippen LogP contribution in [0, 0.1) is 11.8 Å². The first-order valence-corrected chi connectivity index (χ1v) is 6.05. The Labute approximate surface area is 102 Å². The third-order valence-corrected chi connectivity index (χ3v) is 3.11. The van der Waals surface area contributed by atoms with Gasteiger partial charge in [-0.2, -0.15) is 0 Å². The molecule has 1 rings (SSSR count). The lowest BCUT2D eigenvalue weighted by atomic mass is 9.98. The summed E-state index contributed by atoms with van der Waals surface area (Å²) in [5.74, 6) is -1.09. The standard InChI is InChI=1S/C12H21NO4/c1-9(12(15)16)7-13(2)11(14)6-10-4-3-5-17-8-10/h9-10H,3-8H2,1-2H3,(H,15,16). The predicted molar refractivity (Wildman–Crippen MR) is 62.6 cm³/mol. The van der Waals surface area contributed by atoms with Crippen LogP contribution in [0.5, 0.6) is 0 Å². The number of hydrogen-bond acceptors (Lipinski definition) is 3. The van der Waals surface area contributed by atoms with E-state index < -0.39 is 11.9 Å². The number of carboxylic acid groups (broad SMARTS) is 1. The van der Waals surface area contributed by atoms with E-state index in [2.05, 4.69) is 0 Å². The van der Waals surface area contributed by atoms with Gasteiger partial charge < -0.3 is 14.7 Å². The lowest BCUT2D eigenvalue weighted by Gasteiger charge is -2.25.